The second kappa shape index (κ2) is 6.99. The number of hydrogen-bond donors (Lipinski definition) is 1. The minimum Gasteiger partial charge on any atom is -0.497 e. The number of aliphatic hydroxyl groups is 1. The lowest BCUT2D eigenvalue weighted by Crippen LogP contribution is -2.48. The Kier molecular flexibility index (Phi) is 4.33. The van der Waals surface area contributed by atoms with Gasteiger partial charge in [0.1, 0.15) is 28.8 Å². The van der Waals surface area contributed by atoms with Gasteiger partial charge in [-0.25, -0.2) is 4.98 Å². The van der Waals surface area contributed by atoms with Crippen LogP contribution < -0.4 is 24.5 Å². The summed E-state index contributed by atoms with van der Waals surface area (Å²) in [7, 11) is 4.70. The van der Waals surface area contributed by atoms with Crippen LogP contribution >= 0.6 is 0 Å². The average molecular weight is 463 g/mol. The van der Waals surface area contributed by atoms with Crippen LogP contribution in [0.1, 0.15) is 47.5 Å². The standard InChI is InChI=1S/C26H26N2O6/c1-14-21-23(27-20-6-5-11-28(20)24(21)29)25(30)22-18(33-4)12-17(32-3)13-19(22)34-26(14,25)15-7-9-16(31-2)10-8-15/h7-10,12-14,30H,5-6,11H2,1-4H3/t14?,25-,26+/m0/s1. The van der Waals surface area contributed by atoms with Crippen LogP contribution in [0.3, 0.4) is 0 Å². The van der Waals surface area contributed by atoms with E-state index >= 15 is 0 Å². The zero-order valence-electron chi connectivity index (χ0n) is 19.5. The van der Waals surface area contributed by atoms with Crippen LogP contribution in [0.25, 0.3) is 0 Å². The average Bonchev–Trinajstić information content (AvgIpc) is 3.49. The van der Waals surface area contributed by atoms with Crippen LogP contribution in [-0.2, 0) is 24.2 Å². The Bertz CT molecular complexity index is 1380. The molecule has 0 amide bonds. The van der Waals surface area contributed by atoms with Gasteiger partial charge >= 0.3 is 0 Å². The summed E-state index contributed by atoms with van der Waals surface area (Å²) in [6, 6.07) is 10.8. The SMILES string of the molecule is COc1ccc([C@@]23Oc4cc(OC)cc(OC)c4[C@]2(O)c2nc4n(c(=O)c2C3C)CCC4)cc1. The van der Waals surface area contributed by atoms with E-state index in [1.165, 1.54) is 7.11 Å². The largest absolute Gasteiger partial charge is 0.497 e. The maximum Gasteiger partial charge on any atom is 0.257 e. The molecule has 1 aromatic heterocycles. The predicted octanol–water partition coefficient (Wildman–Crippen LogP) is 2.86. The minimum atomic E-state index is -1.75. The molecule has 8 heteroatoms. The van der Waals surface area contributed by atoms with Gasteiger partial charge in [-0.15, -0.1) is 0 Å². The summed E-state index contributed by atoms with van der Waals surface area (Å²) in [6.07, 6.45) is 1.55. The van der Waals surface area contributed by atoms with Gasteiger partial charge in [0.2, 0.25) is 0 Å². The maximum atomic E-state index is 13.7. The van der Waals surface area contributed by atoms with Gasteiger partial charge in [-0.2, -0.15) is 0 Å². The molecule has 3 heterocycles. The molecule has 34 heavy (non-hydrogen) atoms. The third kappa shape index (κ3) is 2.31. The number of aromatic nitrogens is 2. The first-order valence-electron chi connectivity index (χ1n) is 11.4. The highest BCUT2D eigenvalue weighted by atomic mass is 16.5. The number of benzene rings is 2. The molecule has 0 fully saturated rings. The smallest absolute Gasteiger partial charge is 0.257 e. The maximum absolute atomic E-state index is 13.7. The van der Waals surface area contributed by atoms with E-state index < -0.39 is 17.1 Å². The Morgan fingerprint density at radius 3 is 2.50 bits per heavy atom. The van der Waals surface area contributed by atoms with Crippen molar-refractivity contribution in [3.8, 4) is 23.0 Å². The Morgan fingerprint density at radius 1 is 1.09 bits per heavy atom. The molecular weight excluding hydrogens is 436 g/mol. The van der Waals surface area contributed by atoms with Crippen LogP contribution in [0.2, 0.25) is 0 Å². The molecular formula is C26H26N2O6. The topological polar surface area (TPSA) is 92.0 Å². The second-order valence-electron chi connectivity index (χ2n) is 9.05. The molecule has 0 bridgehead atoms. The first kappa shape index (κ1) is 21.0. The van der Waals surface area contributed by atoms with Crippen molar-refractivity contribution >= 4 is 0 Å². The Hall–Kier alpha value is -3.52. The van der Waals surface area contributed by atoms with Gasteiger partial charge in [0.15, 0.2) is 11.2 Å². The summed E-state index contributed by atoms with van der Waals surface area (Å²) in [5.41, 5.74) is -1.20. The molecule has 3 atom stereocenters. The molecule has 1 aliphatic carbocycles. The van der Waals surface area contributed by atoms with Gasteiger partial charge in [-0.3, -0.25) is 9.36 Å². The van der Waals surface area contributed by atoms with Gasteiger partial charge < -0.3 is 24.1 Å². The fourth-order valence-corrected chi connectivity index (χ4v) is 6.07. The molecule has 1 unspecified atom stereocenters. The molecule has 8 nitrogen and oxygen atoms in total. The summed E-state index contributed by atoms with van der Waals surface area (Å²) >= 11 is 0. The molecule has 1 N–H and O–H groups in total. The van der Waals surface area contributed by atoms with E-state index in [9.17, 15) is 9.90 Å². The Labute approximate surface area is 196 Å². The summed E-state index contributed by atoms with van der Waals surface area (Å²) in [6.45, 7) is 2.55. The Balaban J connectivity index is 1.72. The number of nitrogens with zero attached hydrogens (tertiary/aromatic N) is 2. The van der Waals surface area contributed by atoms with Crippen LogP contribution in [0.15, 0.2) is 41.2 Å². The van der Waals surface area contributed by atoms with E-state index in [0.29, 0.717) is 64.2 Å². The first-order chi connectivity index (χ1) is 16.4. The van der Waals surface area contributed by atoms with Gasteiger partial charge in [0, 0.05) is 36.6 Å². The zero-order valence-corrected chi connectivity index (χ0v) is 19.5. The number of fused-ring (bicyclic) bond motifs is 6. The quantitative estimate of drug-likeness (QED) is 0.637. The predicted molar refractivity (Wildman–Crippen MR) is 123 cm³/mol. The molecule has 176 valence electrons. The molecule has 3 aliphatic rings. The lowest BCUT2D eigenvalue weighted by molar-refractivity contribution is -0.0944. The van der Waals surface area contributed by atoms with E-state index in [-0.39, 0.29) is 5.56 Å². The van der Waals surface area contributed by atoms with Gasteiger partial charge in [-0.1, -0.05) is 19.1 Å². The Morgan fingerprint density at radius 2 is 1.82 bits per heavy atom. The van der Waals surface area contributed by atoms with Crippen molar-refractivity contribution in [1.29, 1.82) is 0 Å². The van der Waals surface area contributed by atoms with E-state index in [1.807, 2.05) is 31.2 Å². The van der Waals surface area contributed by atoms with Crippen LogP contribution in [0, 0.1) is 0 Å². The van der Waals surface area contributed by atoms with Crippen molar-refractivity contribution in [1.82, 2.24) is 9.55 Å². The molecule has 0 saturated heterocycles. The van der Waals surface area contributed by atoms with Crippen LogP contribution in [0.5, 0.6) is 23.0 Å². The van der Waals surface area contributed by atoms with Crippen molar-refractivity contribution < 1.29 is 24.1 Å². The second-order valence-corrected chi connectivity index (χ2v) is 9.05. The molecule has 6 rings (SSSR count). The summed E-state index contributed by atoms with van der Waals surface area (Å²) in [5, 5.41) is 12.8. The summed E-state index contributed by atoms with van der Waals surface area (Å²) in [4.78, 5) is 18.6. The van der Waals surface area contributed by atoms with Gasteiger partial charge in [0.05, 0.1) is 32.6 Å². The lowest BCUT2D eigenvalue weighted by Gasteiger charge is -2.38. The molecule has 0 radical (unpaired) electrons. The van der Waals surface area contributed by atoms with Crippen molar-refractivity contribution in [2.75, 3.05) is 21.3 Å². The van der Waals surface area contributed by atoms with Gasteiger partial charge in [0.25, 0.3) is 5.56 Å². The first-order valence-corrected chi connectivity index (χ1v) is 11.4. The highest BCUT2D eigenvalue weighted by Crippen LogP contribution is 2.68. The summed E-state index contributed by atoms with van der Waals surface area (Å²) in [5.74, 6) is 2.26. The molecule has 2 aromatic carbocycles. The van der Waals surface area contributed by atoms with Crippen molar-refractivity contribution in [2.24, 2.45) is 0 Å². The van der Waals surface area contributed by atoms with Crippen LogP contribution in [0.4, 0.5) is 0 Å². The number of aryl methyl sites for hydroxylation is 1. The van der Waals surface area contributed by atoms with Gasteiger partial charge in [-0.05, 0) is 24.1 Å². The fourth-order valence-electron chi connectivity index (χ4n) is 6.07. The molecule has 2 aliphatic heterocycles. The molecule has 0 spiro atoms. The third-order valence-corrected chi connectivity index (χ3v) is 7.63. The summed E-state index contributed by atoms with van der Waals surface area (Å²) < 4.78 is 25.0. The van der Waals surface area contributed by atoms with E-state index in [1.54, 1.807) is 30.9 Å². The number of ether oxygens (including phenoxy) is 4. The molecule has 3 aromatic rings. The van der Waals surface area contributed by atoms with E-state index in [4.69, 9.17) is 23.9 Å². The highest BCUT2D eigenvalue weighted by Gasteiger charge is 2.72. The zero-order chi connectivity index (χ0) is 23.8. The third-order valence-electron chi connectivity index (χ3n) is 7.63. The normalized spacial score (nSPS) is 25.7. The van der Waals surface area contributed by atoms with E-state index in [2.05, 4.69) is 0 Å². The number of rotatable bonds is 4. The number of hydrogen-bond acceptors (Lipinski definition) is 7. The van der Waals surface area contributed by atoms with Crippen molar-refractivity contribution in [3.05, 3.63) is 75.0 Å². The monoisotopic (exact) mass is 462 g/mol. The van der Waals surface area contributed by atoms with Crippen LogP contribution in [-0.4, -0.2) is 36.0 Å². The molecule has 0 saturated carbocycles. The fraction of sp³-hybridized carbons (Fsp3) is 0.385. The highest BCUT2D eigenvalue weighted by molar-refractivity contribution is 5.67. The lowest BCUT2D eigenvalue weighted by atomic mass is 9.72. The minimum absolute atomic E-state index is 0.113. The number of methoxy groups -OCH3 is 3. The van der Waals surface area contributed by atoms with Crippen molar-refractivity contribution in [3.63, 3.8) is 0 Å². The van der Waals surface area contributed by atoms with Crippen molar-refractivity contribution in [2.45, 2.75) is 43.4 Å². The van der Waals surface area contributed by atoms with E-state index in [0.717, 1.165) is 6.42 Å².